The molecule has 0 radical (unpaired) electrons. The van der Waals surface area contributed by atoms with Gasteiger partial charge in [-0.05, 0) is 184 Å². The van der Waals surface area contributed by atoms with E-state index in [1.54, 1.807) is 42.7 Å². The molecule has 9 aromatic carbocycles. The van der Waals surface area contributed by atoms with E-state index in [9.17, 15) is 0 Å². The van der Waals surface area contributed by atoms with Crippen molar-refractivity contribution in [3.63, 3.8) is 0 Å². The summed E-state index contributed by atoms with van der Waals surface area (Å²) in [6.45, 7) is 0. The van der Waals surface area contributed by atoms with Gasteiger partial charge in [0.2, 0.25) is 0 Å². The van der Waals surface area contributed by atoms with E-state index in [4.69, 9.17) is 28.4 Å². The van der Waals surface area contributed by atoms with E-state index in [-0.39, 0.29) is 0 Å². The molecule has 0 amide bonds. The van der Waals surface area contributed by atoms with Gasteiger partial charge >= 0.3 is 0 Å². The molecule has 0 aliphatic heterocycles. The van der Waals surface area contributed by atoms with Crippen LogP contribution in [-0.4, -0.2) is 42.7 Å². The highest BCUT2D eigenvalue weighted by Gasteiger charge is 2.41. The summed E-state index contributed by atoms with van der Waals surface area (Å²) < 4.78 is 38.0. The van der Waals surface area contributed by atoms with E-state index in [1.807, 2.05) is 0 Å². The Balaban J connectivity index is 0.858. The van der Waals surface area contributed by atoms with Gasteiger partial charge in [0.15, 0.2) is 0 Å². The van der Waals surface area contributed by atoms with Crippen LogP contribution in [0.3, 0.4) is 0 Å². The number of benzene rings is 9. The average Bonchev–Trinajstić information content (AvgIpc) is 3.92. The fourth-order valence-electron chi connectivity index (χ4n) is 13.4. The van der Waals surface area contributed by atoms with E-state index < -0.39 is 33.6 Å². The van der Waals surface area contributed by atoms with Crippen molar-refractivity contribution >= 4 is 10.8 Å². The Morgan fingerprint density at radius 1 is 0.207 bits per heavy atom. The van der Waals surface area contributed by atoms with Crippen molar-refractivity contribution in [3.8, 4) is 66.8 Å². The second kappa shape index (κ2) is 19.6. The van der Waals surface area contributed by atoms with Crippen molar-refractivity contribution in [2.75, 3.05) is 42.7 Å². The molecule has 9 aromatic rings. The van der Waals surface area contributed by atoms with Crippen molar-refractivity contribution < 1.29 is 28.4 Å². The summed E-state index contributed by atoms with van der Waals surface area (Å²) in [6, 6.07) is 70.3. The number of ether oxygens (including phenoxy) is 6. The van der Waals surface area contributed by atoms with Gasteiger partial charge < -0.3 is 28.4 Å². The third-order valence-corrected chi connectivity index (χ3v) is 18.5. The van der Waals surface area contributed by atoms with E-state index in [1.165, 1.54) is 55.3 Å². The van der Waals surface area contributed by atoms with Gasteiger partial charge in [-0.3, -0.25) is 0 Å². The van der Waals surface area contributed by atoms with Crippen LogP contribution >= 0.6 is 0 Å². The number of methoxy groups -OCH3 is 6. The van der Waals surface area contributed by atoms with Gasteiger partial charge in [-0.1, -0.05) is 194 Å². The zero-order valence-corrected chi connectivity index (χ0v) is 46.9. The van der Waals surface area contributed by atoms with Crippen molar-refractivity contribution in [2.45, 2.75) is 33.6 Å². The number of hydrogen-bond acceptors (Lipinski definition) is 6. The second-order valence-electron chi connectivity index (χ2n) is 22.1. The van der Waals surface area contributed by atoms with Crippen LogP contribution in [0.2, 0.25) is 0 Å². The molecule has 0 N–H and O–H groups in total. The summed E-state index contributed by atoms with van der Waals surface area (Å²) in [6.07, 6.45) is 25.1. The minimum atomic E-state index is -0.835. The molecule has 6 nitrogen and oxygen atoms in total. The van der Waals surface area contributed by atoms with Gasteiger partial charge in [-0.25, -0.2) is 0 Å². The van der Waals surface area contributed by atoms with Crippen molar-refractivity contribution in [1.82, 2.24) is 0 Å². The largest absolute Gasteiger partial charge is 0.365 e. The predicted molar refractivity (Wildman–Crippen MR) is 330 cm³/mol. The summed E-state index contributed by atoms with van der Waals surface area (Å²) in [5.74, 6) is 0. The molecule has 29 rings (SSSR count). The van der Waals surface area contributed by atoms with Crippen LogP contribution in [0.5, 0.6) is 0 Å². The van der Waals surface area contributed by atoms with Gasteiger partial charge in [0, 0.05) is 42.7 Å². The smallest absolute Gasteiger partial charge is 0.129 e. The summed E-state index contributed by atoms with van der Waals surface area (Å²) in [5, 5.41) is 2.55. The Kier molecular flexibility index (Phi) is 12.3. The van der Waals surface area contributed by atoms with Crippen LogP contribution in [0.4, 0.5) is 0 Å². The first-order valence-corrected chi connectivity index (χ1v) is 28.0. The summed E-state index contributed by atoms with van der Waals surface area (Å²) in [5.41, 5.74) is 15.4. The molecule has 82 heavy (non-hydrogen) atoms. The van der Waals surface area contributed by atoms with Crippen LogP contribution in [-0.2, 0) is 62.0 Å². The van der Waals surface area contributed by atoms with E-state index in [0.29, 0.717) is 0 Å². The molecular formula is C76H62O6. The Labute approximate surface area is 480 Å². The summed E-state index contributed by atoms with van der Waals surface area (Å²) >= 11 is 0. The maximum atomic E-state index is 6.34. The zero-order valence-electron chi connectivity index (χ0n) is 46.9. The first-order valence-electron chi connectivity index (χ1n) is 28.0. The van der Waals surface area contributed by atoms with E-state index in [2.05, 4.69) is 267 Å². The highest BCUT2D eigenvalue weighted by molar-refractivity contribution is 6.21. The molecule has 6 heteroatoms. The highest BCUT2D eigenvalue weighted by atomic mass is 16.5. The van der Waals surface area contributed by atoms with Crippen molar-refractivity contribution in [2.24, 2.45) is 0 Å². The average molecular weight is 1070 g/mol. The number of hydrogen-bond donors (Lipinski definition) is 0. The number of rotatable bonds is 6. The Bertz CT molecular complexity index is 3830. The predicted octanol–water partition coefficient (Wildman–Crippen LogP) is 17.0. The standard InChI is InChI=1S/C76H62O6/c1-77-71-39-43-73(79-3,44-40-71)60-29-33-62(34-30-60)75(81-5)47-49-76(82-6,50-48-75)63-35-31-61(32-36-63)74(80-4)45-41-72(78-2,42-46-74)59-27-23-54(24-28-59)52-15-19-56(20-16-52)65-38-37-64(55-17-13-51(14-18-55)53-21-25-58(71)26-22-53)69-66-11-7-9-57-10-8-12-67(68(57)66)70(65)69/h7-50H,1-6H3. The van der Waals surface area contributed by atoms with Crippen LogP contribution in [0.15, 0.2) is 267 Å². The highest BCUT2D eigenvalue weighted by Crippen LogP contribution is 2.55. The molecule has 0 aromatic heterocycles. The molecule has 402 valence electrons. The van der Waals surface area contributed by atoms with E-state index >= 15 is 0 Å². The third-order valence-electron chi connectivity index (χ3n) is 18.5. The van der Waals surface area contributed by atoms with Gasteiger partial charge in [0.05, 0.1) is 0 Å². The Morgan fingerprint density at radius 3 is 0.646 bits per heavy atom. The molecule has 0 saturated carbocycles. The van der Waals surface area contributed by atoms with Gasteiger partial charge in [0.1, 0.15) is 33.6 Å². The fourth-order valence-corrected chi connectivity index (χ4v) is 13.4. The molecule has 20 bridgehead atoms. The van der Waals surface area contributed by atoms with Crippen LogP contribution in [0.25, 0.3) is 77.5 Å². The summed E-state index contributed by atoms with van der Waals surface area (Å²) in [7, 11) is 10.5. The zero-order chi connectivity index (χ0) is 55.9. The van der Waals surface area contributed by atoms with Crippen molar-refractivity contribution in [3.05, 3.63) is 300 Å². The van der Waals surface area contributed by atoms with Gasteiger partial charge in [0.25, 0.3) is 0 Å². The molecule has 0 fully saturated rings. The minimum absolute atomic E-state index is 0.795. The summed E-state index contributed by atoms with van der Waals surface area (Å²) in [4.78, 5) is 0. The second-order valence-corrected chi connectivity index (χ2v) is 22.1. The topological polar surface area (TPSA) is 55.4 Å². The molecule has 0 spiro atoms. The van der Waals surface area contributed by atoms with Crippen LogP contribution < -0.4 is 0 Å². The van der Waals surface area contributed by atoms with Crippen molar-refractivity contribution in [1.29, 1.82) is 0 Å². The van der Waals surface area contributed by atoms with Gasteiger partial charge in [-0.2, -0.15) is 0 Å². The maximum Gasteiger partial charge on any atom is 0.129 e. The van der Waals surface area contributed by atoms with Crippen LogP contribution in [0, 0.1) is 0 Å². The molecule has 0 unspecified atom stereocenters. The lowest BCUT2D eigenvalue weighted by Crippen LogP contribution is -2.34. The SMILES string of the molecule is COC12C=CC(OC)(C=C1)c1ccc(cc1)C1(OC)C=CC(OC)(C=C1)c1ccc(cc1)C1(OC)C=CC(OC)(C=C1)c1ccc(cc1)-c1ccc(cc1)-c1ccc(c3c1-c1cccc4cccc-3c14)-c1ccc(cc1)-c1ccc2cc1. The maximum absolute atomic E-state index is 6.34. The molecule has 0 heterocycles. The lowest BCUT2D eigenvalue weighted by molar-refractivity contribution is 0.0400. The molecule has 0 saturated heterocycles. The van der Waals surface area contributed by atoms with Crippen LogP contribution in [0.1, 0.15) is 33.4 Å². The molecule has 20 aliphatic carbocycles. The quantitative estimate of drug-likeness (QED) is 0.155. The fraction of sp³-hybridized carbons (Fsp3) is 0.158. The lowest BCUT2D eigenvalue weighted by atomic mass is 9.78. The molecular weight excluding hydrogens is 1010 g/mol. The molecule has 0 atom stereocenters. The van der Waals surface area contributed by atoms with E-state index in [0.717, 1.165) is 55.6 Å². The third kappa shape index (κ3) is 7.85. The molecule has 20 aliphatic rings. The minimum Gasteiger partial charge on any atom is -0.365 e. The first-order chi connectivity index (χ1) is 40.1. The van der Waals surface area contributed by atoms with Gasteiger partial charge in [-0.15, -0.1) is 0 Å². The monoisotopic (exact) mass is 1070 g/mol. The first kappa shape index (κ1) is 51.6. The lowest BCUT2D eigenvalue weighted by Gasteiger charge is -2.38. The Morgan fingerprint density at radius 2 is 0.415 bits per heavy atom. The normalized spacial score (nSPS) is 25.0. The Hall–Kier alpha value is -8.56.